The largest absolute Gasteiger partial charge is 0.445 e. The zero-order valence-electron chi connectivity index (χ0n) is 13.6. The van der Waals surface area contributed by atoms with Crippen molar-refractivity contribution in [2.75, 3.05) is 0 Å². The summed E-state index contributed by atoms with van der Waals surface area (Å²) < 4.78 is 5.55. The van der Waals surface area contributed by atoms with E-state index in [-0.39, 0.29) is 12.1 Å². The number of rotatable bonds is 4. The number of fused-ring (bicyclic) bond motifs is 2. The summed E-state index contributed by atoms with van der Waals surface area (Å²) in [5.41, 5.74) is 2.64. The van der Waals surface area contributed by atoms with Crippen LogP contribution in [0.15, 0.2) is 42.0 Å². The second-order valence-electron chi connectivity index (χ2n) is 7.28. The maximum absolute atomic E-state index is 12.5. The summed E-state index contributed by atoms with van der Waals surface area (Å²) in [5.74, 6) is 0.914. The van der Waals surface area contributed by atoms with E-state index in [1.54, 1.807) is 5.57 Å². The topological polar surface area (TPSA) is 29.5 Å². The second kappa shape index (κ2) is 6.38. The number of hydrogen-bond acceptors (Lipinski definition) is 2. The number of nitrogens with zero attached hydrogens (tertiary/aromatic N) is 1. The number of carbonyl (C=O) groups is 1. The van der Waals surface area contributed by atoms with E-state index in [0.29, 0.717) is 12.6 Å². The first-order valence-corrected chi connectivity index (χ1v) is 8.98. The van der Waals surface area contributed by atoms with Crippen molar-refractivity contribution in [2.24, 2.45) is 5.92 Å². The molecule has 23 heavy (non-hydrogen) atoms. The van der Waals surface area contributed by atoms with Crippen LogP contribution >= 0.6 is 0 Å². The molecule has 3 aliphatic rings. The average molecular weight is 311 g/mol. The number of carbonyl (C=O) groups excluding carboxylic acids is 1. The summed E-state index contributed by atoms with van der Waals surface area (Å²) in [6, 6.07) is 10.6. The summed E-state index contributed by atoms with van der Waals surface area (Å²) in [5, 5.41) is 0. The normalized spacial score (nSPS) is 26.6. The van der Waals surface area contributed by atoms with E-state index in [1.807, 2.05) is 35.2 Å². The lowest BCUT2D eigenvalue weighted by molar-refractivity contribution is 0.0811. The van der Waals surface area contributed by atoms with Gasteiger partial charge in [0.1, 0.15) is 6.61 Å². The molecule has 0 N–H and O–H groups in total. The summed E-state index contributed by atoms with van der Waals surface area (Å²) in [6.07, 6.45) is 11.0. The zero-order chi connectivity index (χ0) is 15.6. The Kier molecular flexibility index (Phi) is 4.11. The Bertz CT molecular complexity index is 591. The summed E-state index contributed by atoms with van der Waals surface area (Å²) in [4.78, 5) is 14.5. The monoisotopic (exact) mass is 311 g/mol. The van der Waals surface area contributed by atoms with Crippen molar-refractivity contribution in [1.82, 2.24) is 4.90 Å². The first-order valence-electron chi connectivity index (χ1n) is 8.98. The van der Waals surface area contributed by atoms with E-state index < -0.39 is 0 Å². The Hall–Kier alpha value is -1.77. The highest BCUT2D eigenvalue weighted by Gasteiger charge is 2.40. The molecule has 122 valence electrons. The van der Waals surface area contributed by atoms with Gasteiger partial charge in [0.15, 0.2) is 0 Å². The quantitative estimate of drug-likeness (QED) is 0.756. The zero-order valence-corrected chi connectivity index (χ0v) is 13.6. The highest BCUT2D eigenvalue weighted by Crippen LogP contribution is 2.40. The van der Waals surface area contributed by atoms with Gasteiger partial charge in [-0.2, -0.15) is 0 Å². The van der Waals surface area contributed by atoms with E-state index in [4.69, 9.17) is 4.74 Å². The van der Waals surface area contributed by atoms with Crippen LogP contribution in [0.1, 0.15) is 50.5 Å². The lowest BCUT2D eigenvalue weighted by Gasteiger charge is -2.35. The van der Waals surface area contributed by atoms with E-state index in [1.165, 1.54) is 25.7 Å². The molecule has 0 aromatic heterocycles. The first kappa shape index (κ1) is 14.8. The van der Waals surface area contributed by atoms with Crippen LogP contribution in [0.25, 0.3) is 0 Å². The van der Waals surface area contributed by atoms with Gasteiger partial charge in [0, 0.05) is 6.04 Å². The third kappa shape index (κ3) is 3.15. The van der Waals surface area contributed by atoms with E-state index in [0.717, 1.165) is 30.7 Å². The molecule has 2 bridgehead atoms. The Morgan fingerprint density at radius 2 is 1.96 bits per heavy atom. The summed E-state index contributed by atoms with van der Waals surface area (Å²) in [7, 11) is 0. The molecule has 2 aliphatic heterocycles. The van der Waals surface area contributed by atoms with Crippen molar-refractivity contribution in [3.05, 3.63) is 47.5 Å². The molecule has 1 aromatic carbocycles. The lowest BCUT2D eigenvalue weighted by Crippen LogP contribution is -2.43. The molecule has 3 heteroatoms. The molecule has 2 fully saturated rings. The average Bonchev–Trinajstić information content (AvgIpc) is 2.81. The lowest BCUT2D eigenvalue weighted by atomic mass is 9.79. The van der Waals surface area contributed by atoms with Crippen molar-refractivity contribution in [1.29, 1.82) is 0 Å². The summed E-state index contributed by atoms with van der Waals surface area (Å²) in [6.45, 7) is 0.369. The van der Waals surface area contributed by atoms with Gasteiger partial charge >= 0.3 is 6.09 Å². The maximum atomic E-state index is 12.5. The van der Waals surface area contributed by atoms with Gasteiger partial charge in [-0.25, -0.2) is 4.79 Å². The third-order valence-electron chi connectivity index (χ3n) is 5.66. The number of benzene rings is 1. The fraction of sp³-hybridized carbons (Fsp3) is 0.550. The van der Waals surface area contributed by atoms with Crippen molar-refractivity contribution in [3.63, 3.8) is 0 Å². The number of amides is 1. The Balaban J connectivity index is 1.36. The van der Waals surface area contributed by atoms with Gasteiger partial charge < -0.3 is 4.74 Å². The first-order chi connectivity index (χ1) is 11.3. The molecule has 1 aromatic rings. The van der Waals surface area contributed by atoms with Crippen LogP contribution in [0, 0.1) is 5.92 Å². The van der Waals surface area contributed by atoms with Crippen molar-refractivity contribution < 1.29 is 9.53 Å². The van der Waals surface area contributed by atoms with Crippen LogP contribution in [0.5, 0.6) is 0 Å². The van der Waals surface area contributed by atoms with Crippen molar-refractivity contribution >= 4 is 6.09 Å². The minimum Gasteiger partial charge on any atom is -0.445 e. The molecule has 0 spiro atoms. The SMILES string of the molecule is O=C(OCc1ccccc1)N1C2C=C(CC3CCC3)CC1CC2. The van der Waals surface area contributed by atoms with Gasteiger partial charge in [0.05, 0.1) is 6.04 Å². The summed E-state index contributed by atoms with van der Waals surface area (Å²) >= 11 is 0. The molecule has 1 aliphatic carbocycles. The van der Waals surface area contributed by atoms with Gasteiger partial charge in [-0.3, -0.25) is 4.90 Å². The van der Waals surface area contributed by atoms with Crippen LogP contribution in [-0.2, 0) is 11.3 Å². The molecule has 2 heterocycles. The van der Waals surface area contributed by atoms with Gasteiger partial charge in [0.25, 0.3) is 0 Å². The Morgan fingerprint density at radius 3 is 2.65 bits per heavy atom. The van der Waals surface area contributed by atoms with Crippen LogP contribution in [0.4, 0.5) is 4.79 Å². The van der Waals surface area contributed by atoms with Crippen LogP contribution in [-0.4, -0.2) is 23.1 Å². The minimum atomic E-state index is -0.139. The predicted molar refractivity (Wildman–Crippen MR) is 89.9 cm³/mol. The number of ether oxygens (including phenoxy) is 1. The van der Waals surface area contributed by atoms with E-state index >= 15 is 0 Å². The smallest absolute Gasteiger partial charge is 0.410 e. The van der Waals surface area contributed by atoms with E-state index in [2.05, 4.69) is 6.08 Å². The fourth-order valence-electron chi connectivity index (χ4n) is 4.22. The highest BCUT2D eigenvalue weighted by molar-refractivity contribution is 5.70. The predicted octanol–water partition coefficient (Wildman–Crippen LogP) is 4.68. The minimum absolute atomic E-state index is 0.139. The molecule has 2 atom stereocenters. The number of hydrogen-bond donors (Lipinski definition) is 0. The van der Waals surface area contributed by atoms with E-state index in [9.17, 15) is 4.79 Å². The highest BCUT2D eigenvalue weighted by atomic mass is 16.6. The molecule has 4 rings (SSSR count). The third-order valence-corrected chi connectivity index (χ3v) is 5.66. The van der Waals surface area contributed by atoms with Gasteiger partial charge in [0.2, 0.25) is 0 Å². The van der Waals surface area contributed by atoms with Gasteiger partial charge in [-0.15, -0.1) is 0 Å². The van der Waals surface area contributed by atoms with Crippen LogP contribution < -0.4 is 0 Å². The molecule has 1 amide bonds. The van der Waals surface area contributed by atoms with Gasteiger partial charge in [-0.05, 0) is 37.2 Å². The second-order valence-corrected chi connectivity index (χ2v) is 7.28. The van der Waals surface area contributed by atoms with Crippen molar-refractivity contribution in [2.45, 2.75) is 63.6 Å². The standard InChI is InChI=1S/C20H25NO2/c22-20(23-14-16-5-2-1-3-6-16)21-18-9-10-19(21)13-17(12-18)11-15-7-4-8-15/h1-3,5-6,12,15,18-19H,4,7-11,13-14H2. The maximum Gasteiger partial charge on any atom is 0.410 e. The Morgan fingerprint density at radius 1 is 1.13 bits per heavy atom. The van der Waals surface area contributed by atoms with Crippen LogP contribution in [0.3, 0.4) is 0 Å². The van der Waals surface area contributed by atoms with Crippen LogP contribution in [0.2, 0.25) is 0 Å². The van der Waals surface area contributed by atoms with Crippen molar-refractivity contribution in [3.8, 4) is 0 Å². The molecule has 1 saturated heterocycles. The molecular weight excluding hydrogens is 286 g/mol. The van der Waals surface area contributed by atoms with Gasteiger partial charge in [-0.1, -0.05) is 61.2 Å². The molecule has 2 unspecified atom stereocenters. The molecular formula is C20H25NO2. The fourth-order valence-corrected chi connectivity index (χ4v) is 4.22. The Labute approximate surface area is 138 Å². The molecule has 0 radical (unpaired) electrons. The molecule has 1 saturated carbocycles. The molecule has 3 nitrogen and oxygen atoms in total.